The molecule has 0 radical (unpaired) electrons. The third kappa shape index (κ3) is 1.51. The molecule has 2 aromatic rings. The Bertz CT molecular complexity index is 445. The average molecular weight is 192 g/mol. The van der Waals surface area contributed by atoms with E-state index in [0.717, 1.165) is 17.6 Å². The molecular formula is C11H13FN2. The van der Waals surface area contributed by atoms with E-state index < -0.39 is 0 Å². The van der Waals surface area contributed by atoms with Crippen molar-refractivity contribution >= 4 is 10.9 Å². The molecule has 1 aromatic carbocycles. The first-order chi connectivity index (χ1) is 6.68. The minimum atomic E-state index is -0.152. The number of nitrogens with zero attached hydrogens (tertiary/aromatic N) is 1. The lowest BCUT2D eigenvalue weighted by molar-refractivity contribution is 0.403. The first-order valence-electron chi connectivity index (χ1n) is 4.57. The van der Waals surface area contributed by atoms with E-state index in [2.05, 4.69) is 4.98 Å². The second-order valence-electron chi connectivity index (χ2n) is 3.71. The Balaban J connectivity index is 2.55. The minimum absolute atomic E-state index is 0.152. The summed E-state index contributed by atoms with van der Waals surface area (Å²) >= 11 is 0. The first-order valence-corrected chi connectivity index (χ1v) is 4.57. The molecule has 0 fully saturated rings. The van der Waals surface area contributed by atoms with Crippen molar-refractivity contribution in [3.63, 3.8) is 0 Å². The Labute approximate surface area is 82.3 Å². The van der Waals surface area contributed by atoms with Gasteiger partial charge in [0.05, 0.1) is 0 Å². The van der Waals surface area contributed by atoms with Gasteiger partial charge in [-0.1, -0.05) is 6.07 Å². The van der Waals surface area contributed by atoms with E-state index in [1.54, 1.807) is 6.07 Å². The van der Waals surface area contributed by atoms with E-state index in [-0.39, 0.29) is 5.82 Å². The molecule has 0 aliphatic heterocycles. The molecule has 0 spiro atoms. The van der Waals surface area contributed by atoms with Crippen LogP contribution in [0.5, 0.6) is 0 Å². The van der Waals surface area contributed by atoms with Gasteiger partial charge in [0.15, 0.2) is 0 Å². The summed E-state index contributed by atoms with van der Waals surface area (Å²) in [5.41, 5.74) is 1.87. The highest BCUT2D eigenvalue weighted by atomic mass is 19.1. The third-order valence-corrected chi connectivity index (χ3v) is 2.22. The van der Waals surface area contributed by atoms with Crippen LogP contribution in [0.3, 0.4) is 0 Å². The van der Waals surface area contributed by atoms with Gasteiger partial charge in [0.25, 0.3) is 0 Å². The van der Waals surface area contributed by atoms with Crippen LogP contribution in [0.15, 0.2) is 24.4 Å². The van der Waals surface area contributed by atoms with Crippen LogP contribution >= 0.6 is 0 Å². The number of rotatable bonds is 2. The Morgan fingerprint density at radius 2 is 2.14 bits per heavy atom. The van der Waals surface area contributed by atoms with Crippen molar-refractivity contribution < 1.29 is 4.39 Å². The number of nitrogens with one attached hydrogen (secondary N) is 1. The van der Waals surface area contributed by atoms with E-state index in [0.29, 0.717) is 5.39 Å². The summed E-state index contributed by atoms with van der Waals surface area (Å²) in [4.78, 5) is 5.09. The van der Waals surface area contributed by atoms with Gasteiger partial charge in [0.2, 0.25) is 0 Å². The van der Waals surface area contributed by atoms with Crippen molar-refractivity contribution in [2.75, 3.05) is 14.1 Å². The van der Waals surface area contributed by atoms with E-state index >= 15 is 0 Å². The molecule has 74 valence electrons. The second kappa shape index (κ2) is 3.42. The lowest BCUT2D eigenvalue weighted by Crippen LogP contribution is -2.10. The van der Waals surface area contributed by atoms with Crippen LogP contribution in [0.1, 0.15) is 5.56 Å². The van der Waals surface area contributed by atoms with Crippen LogP contribution in [0.25, 0.3) is 10.9 Å². The predicted molar refractivity (Wildman–Crippen MR) is 55.6 cm³/mol. The summed E-state index contributed by atoms with van der Waals surface area (Å²) in [6.45, 7) is 0.751. The van der Waals surface area contributed by atoms with Crippen LogP contribution in [-0.2, 0) is 6.54 Å². The van der Waals surface area contributed by atoms with Gasteiger partial charge in [0, 0.05) is 23.6 Å². The highest BCUT2D eigenvalue weighted by molar-refractivity contribution is 5.83. The summed E-state index contributed by atoms with van der Waals surface area (Å²) < 4.78 is 13.5. The molecule has 2 nitrogen and oxygen atoms in total. The Morgan fingerprint density at radius 3 is 2.86 bits per heavy atom. The van der Waals surface area contributed by atoms with Gasteiger partial charge in [-0.05, 0) is 31.8 Å². The van der Waals surface area contributed by atoms with Crippen LogP contribution in [0.4, 0.5) is 4.39 Å². The van der Waals surface area contributed by atoms with E-state index in [1.165, 1.54) is 6.07 Å². The molecule has 0 atom stereocenters. The summed E-state index contributed by atoms with van der Waals surface area (Å²) in [6.07, 6.45) is 1.87. The van der Waals surface area contributed by atoms with Crippen molar-refractivity contribution in [1.29, 1.82) is 0 Å². The minimum Gasteiger partial charge on any atom is -0.361 e. The number of fused-ring (bicyclic) bond motifs is 1. The first kappa shape index (κ1) is 9.21. The molecule has 0 amide bonds. The highest BCUT2D eigenvalue weighted by Crippen LogP contribution is 2.21. The Kier molecular flexibility index (Phi) is 2.25. The number of halogens is 1. The summed E-state index contributed by atoms with van der Waals surface area (Å²) in [5, 5.41) is 0.709. The van der Waals surface area contributed by atoms with Gasteiger partial charge >= 0.3 is 0 Å². The van der Waals surface area contributed by atoms with Crippen molar-refractivity contribution in [2.24, 2.45) is 0 Å². The van der Waals surface area contributed by atoms with Gasteiger partial charge in [-0.25, -0.2) is 4.39 Å². The largest absolute Gasteiger partial charge is 0.361 e. The topological polar surface area (TPSA) is 19.0 Å². The van der Waals surface area contributed by atoms with Crippen molar-refractivity contribution in [1.82, 2.24) is 9.88 Å². The zero-order valence-corrected chi connectivity index (χ0v) is 8.34. The molecule has 3 heteroatoms. The maximum atomic E-state index is 13.5. The molecule has 0 saturated heterocycles. The fourth-order valence-electron chi connectivity index (χ4n) is 1.67. The summed E-state index contributed by atoms with van der Waals surface area (Å²) in [5.74, 6) is -0.152. The van der Waals surface area contributed by atoms with Gasteiger partial charge < -0.3 is 9.88 Å². The summed E-state index contributed by atoms with van der Waals surface area (Å²) in [6, 6.07) is 5.10. The SMILES string of the molecule is CN(C)Cc1c[nH]c2cccc(F)c12. The predicted octanol–water partition coefficient (Wildman–Crippen LogP) is 2.37. The zero-order valence-electron chi connectivity index (χ0n) is 8.34. The maximum absolute atomic E-state index is 13.5. The molecule has 1 heterocycles. The second-order valence-corrected chi connectivity index (χ2v) is 3.71. The van der Waals surface area contributed by atoms with Gasteiger partial charge in [-0.15, -0.1) is 0 Å². The fraction of sp³-hybridized carbons (Fsp3) is 0.273. The molecule has 0 bridgehead atoms. The molecule has 0 aliphatic rings. The van der Waals surface area contributed by atoms with E-state index in [1.807, 2.05) is 31.3 Å². The standard InChI is InChI=1S/C11H13FN2/c1-14(2)7-8-6-13-10-5-3-4-9(12)11(8)10/h3-6,13H,7H2,1-2H3. The quantitative estimate of drug-likeness (QED) is 0.774. The average Bonchev–Trinajstić information content (AvgIpc) is 2.49. The summed E-state index contributed by atoms with van der Waals surface area (Å²) in [7, 11) is 3.94. The zero-order chi connectivity index (χ0) is 10.1. The van der Waals surface area contributed by atoms with Crippen LogP contribution in [-0.4, -0.2) is 24.0 Å². The molecule has 14 heavy (non-hydrogen) atoms. The lowest BCUT2D eigenvalue weighted by Gasteiger charge is -2.07. The van der Waals surface area contributed by atoms with Gasteiger partial charge in [-0.3, -0.25) is 0 Å². The number of hydrogen-bond acceptors (Lipinski definition) is 1. The number of aromatic amines is 1. The smallest absolute Gasteiger partial charge is 0.132 e. The van der Waals surface area contributed by atoms with Crippen molar-refractivity contribution in [3.05, 3.63) is 35.8 Å². The van der Waals surface area contributed by atoms with Crippen molar-refractivity contribution in [2.45, 2.75) is 6.54 Å². The molecule has 1 N–H and O–H groups in total. The molecule has 1 aromatic heterocycles. The van der Waals surface area contributed by atoms with Gasteiger partial charge in [-0.2, -0.15) is 0 Å². The number of H-pyrrole nitrogens is 1. The molecule has 0 saturated carbocycles. The van der Waals surface area contributed by atoms with Crippen LogP contribution < -0.4 is 0 Å². The van der Waals surface area contributed by atoms with Crippen molar-refractivity contribution in [3.8, 4) is 0 Å². The van der Waals surface area contributed by atoms with Crippen LogP contribution in [0, 0.1) is 5.82 Å². The number of aromatic nitrogens is 1. The molecular weight excluding hydrogens is 179 g/mol. The Hall–Kier alpha value is -1.35. The fourth-order valence-corrected chi connectivity index (χ4v) is 1.67. The van der Waals surface area contributed by atoms with Gasteiger partial charge in [0.1, 0.15) is 5.82 Å². The normalized spacial score (nSPS) is 11.4. The highest BCUT2D eigenvalue weighted by Gasteiger charge is 2.08. The molecule has 0 aliphatic carbocycles. The number of benzene rings is 1. The lowest BCUT2D eigenvalue weighted by atomic mass is 10.1. The van der Waals surface area contributed by atoms with E-state index in [9.17, 15) is 4.39 Å². The van der Waals surface area contributed by atoms with Crippen LogP contribution in [0.2, 0.25) is 0 Å². The van der Waals surface area contributed by atoms with E-state index in [4.69, 9.17) is 0 Å². The Morgan fingerprint density at radius 1 is 1.36 bits per heavy atom. The molecule has 0 unspecified atom stereocenters. The monoisotopic (exact) mass is 192 g/mol. The number of hydrogen-bond donors (Lipinski definition) is 1. The third-order valence-electron chi connectivity index (χ3n) is 2.22. The maximum Gasteiger partial charge on any atom is 0.132 e. The molecule has 2 rings (SSSR count).